The molecule has 0 bridgehead atoms. The standard InChI is InChI=1S/C15H20FN3OS/c1-9(2)20-14-6-13(12(17)5-11(14)16)19(4)7-15-10(3)18-8-21-15/h5-6,8-9H,7,17H2,1-4H3. The van der Waals surface area contributed by atoms with Crippen molar-refractivity contribution in [3.8, 4) is 5.75 Å². The molecule has 0 radical (unpaired) electrons. The van der Waals surface area contributed by atoms with Gasteiger partial charge in [-0.25, -0.2) is 9.37 Å². The Kier molecular flexibility index (Phi) is 4.67. The minimum absolute atomic E-state index is 0.0926. The van der Waals surface area contributed by atoms with E-state index in [4.69, 9.17) is 10.5 Å². The van der Waals surface area contributed by atoms with Crippen LogP contribution in [0.25, 0.3) is 0 Å². The molecule has 2 aromatic rings. The molecule has 0 atom stereocenters. The van der Waals surface area contributed by atoms with Crippen molar-refractivity contribution in [2.24, 2.45) is 0 Å². The molecule has 0 aliphatic heterocycles. The maximum Gasteiger partial charge on any atom is 0.167 e. The predicted molar refractivity (Wildman–Crippen MR) is 85.5 cm³/mol. The maximum atomic E-state index is 13.9. The fraction of sp³-hybridized carbons (Fsp3) is 0.400. The third-order valence-electron chi connectivity index (χ3n) is 3.08. The molecule has 0 aliphatic carbocycles. The van der Waals surface area contributed by atoms with Gasteiger partial charge < -0.3 is 15.4 Å². The third-order valence-corrected chi connectivity index (χ3v) is 4.00. The smallest absolute Gasteiger partial charge is 0.167 e. The van der Waals surface area contributed by atoms with Crippen molar-refractivity contribution in [3.63, 3.8) is 0 Å². The van der Waals surface area contributed by atoms with Crippen LogP contribution in [-0.4, -0.2) is 18.1 Å². The van der Waals surface area contributed by atoms with Crippen LogP contribution in [0.4, 0.5) is 15.8 Å². The molecule has 1 aromatic heterocycles. The molecule has 0 aliphatic rings. The molecule has 1 heterocycles. The van der Waals surface area contributed by atoms with Gasteiger partial charge in [0.15, 0.2) is 11.6 Å². The Morgan fingerprint density at radius 3 is 2.71 bits per heavy atom. The van der Waals surface area contributed by atoms with Crippen LogP contribution in [-0.2, 0) is 6.54 Å². The van der Waals surface area contributed by atoms with Crippen molar-refractivity contribution < 1.29 is 9.13 Å². The molecule has 0 amide bonds. The van der Waals surface area contributed by atoms with Crippen LogP contribution in [0.3, 0.4) is 0 Å². The monoisotopic (exact) mass is 309 g/mol. The maximum absolute atomic E-state index is 13.9. The molecule has 2 rings (SSSR count). The Hall–Kier alpha value is -1.82. The zero-order chi connectivity index (χ0) is 15.6. The first-order valence-electron chi connectivity index (χ1n) is 6.74. The first-order chi connectivity index (χ1) is 9.88. The summed E-state index contributed by atoms with van der Waals surface area (Å²) in [5.74, 6) is -0.214. The molecule has 0 saturated carbocycles. The van der Waals surface area contributed by atoms with Crippen molar-refractivity contribution in [1.29, 1.82) is 0 Å². The van der Waals surface area contributed by atoms with Crippen LogP contribution < -0.4 is 15.4 Å². The molecule has 4 nitrogen and oxygen atoms in total. The fourth-order valence-electron chi connectivity index (χ4n) is 2.01. The second-order valence-corrected chi connectivity index (χ2v) is 6.16. The topological polar surface area (TPSA) is 51.4 Å². The third kappa shape index (κ3) is 3.64. The summed E-state index contributed by atoms with van der Waals surface area (Å²) in [6.45, 7) is 6.37. The van der Waals surface area contributed by atoms with Crippen molar-refractivity contribution in [2.45, 2.75) is 33.4 Å². The van der Waals surface area contributed by atoms with Crippen molar-refractivity contribution >= 4 is 22.7 Å². The van der Waals surface area contributed by atoms with Gasteiger partial charge in [0.25, 0.3) is 0 Å². The number of anilines is 2. The van der Waals surface area contributed by atoms with Crippen molar-refractivity contribution in [1.82, 2.24) is 4.98 Å². The molecule has 2 N–H and O–H groups in total. The highest BCUT2D eigenvalue weighted by atomic mass is 32.1. The largest absolute Gasteiger partial charge is 0.488 e. The molecule has 0 saturated heterocycles. The number of aromatic nitrogens is 1. The van der Waals surface area contributed by atoms with Gasteiger partial charge in [0.2, 0.25) is 0 Å². The van der Waals surface area contributed by atoms with Crippen LogP contribution in [0.5, 0.6) is 5.75 Å². The van der Waals surface area contributed by atoms with Gasteiger partial charge >= 0.3 is 0 Å². The Morgan fingerprint density at radius 1 is 1.43 bits per heavy atom. The summed E-state index contributed by atoms with van der Waals surface area (Å²) >= 11 is 1.60. The first-order valence-corrected chi connectivity index (χ1v) is 7.62. The number of nitrogens with zero attached hydrogens (tertiary/aromatic N) is 2. The lowest BCUT2D eigenvalue weighted by Crippen LogP contribution is -2.18. The van der Waals surface area contributed by atoms with Crippen molar-refractivity contribution in [2.75, 3.05) is 17.7 Å². The molecular weight excluding hydrogens is 289 g/mol. The van der Waals surface area contributed by atoms with Crippen LogP contribution in [0.2, 0.25) is 0 Å². The Labute approximate surface area is 128 Å². The van der Waals surface area contributed by atoms with Crippen LogP contribution >= 0.6 is 11.3 Å². The van der Waals surface area contributed by atoms with Gasteiger partial charge in [-0.1, -0.05) is 0 Å². The minimum atomic E-state index is -0.438. The molecule has 0 fully saturated rings. The molecule has 0 unspecified atom stereocenters. The summed E-state index contributed by atoms with van der Waals surface area (Å²) in [6, 6.07) is 2.96. The molecular formula is C15H20FN3OS. The Balaban J connectivity index is 2.27. The van der Waals surface area contributed by atoms with E-state index in [2.05, 4.69) is 4.98 Å². The van der Waals surface area contributed by atoms with E-state index in [1.54, 1.807) is 17.4 Å². The zero-order valence-corrected chi connectivity index (χ0v) is 13.5. The van der Waals surface area contributed by atoms with Gasteiger partial charge in [0.1, 0.15) is 0 Å². The zero-order valence-electron chi connectivity index (χ0n) is 12.7. The number of halogens is 1. The summed E-state index contributed by atoms with van der Waals surface area (Å²) in [4.78, 5) is 7.37. The molecule has 6 heteroatoms. The number of rotatable bonds is 5. The average molecular weight is 309 g/mol. The summed E-state index contributed by atoms with van der Waals surface area (Å²) in [6.07, 6.45) is -0.0926. The Bertz CT molecular complexity index is 627. The number of benzene rings is 1. The second kappa shape index (κ2) is 6.30. The van der Waals surface area contributed by atoms with E-state index >= 15 is 0 Å². The fourth-order valence-corrected chi connectivity index (χ4v) is 2.84. The van der Waals surface area contributed by atoms with Crippen LogP contribution in [0.15, 0.2) is 17.6 Å². The van der Waals surface area contributed by atoms with E-state index < -0.39 is 5.82 Å². The van der Waals surface area contributed by atoms with E-state index in [0.717, 1.165) is 16.3 Å². The second-order valence-electron chi connectivity index (χ2n) is 5.23. The Morgan fingerprint density at radius 2 is 2.14 bits per heavy atom. The van der Waals surface area contributed by atoms with Gasteiger partial charge in [-0.2, -0.15) is 0 Å². The lowest BCUT2D eigenvalue weighted by atomic mass is 10.2. The lowest BCUT2D eigenvalue weighted by molar-refractivity contribution is 0.231. The highest BCUT2D eigenvalue weighted by Gasteiger charge is 2.15. The number of ether oxygens (including phenoxy) is 1. The molecule has 1 aromatic carbocycles. The summed E-state index contributed by atoms with van der Waals surface area (Å²) in [7, 11) is 1.92. The molecule has 21 heavy (non-hydrogen) atoms. The van der Waals surface area contributed by atoms with Gasteiger partial charge in [-0.05, 0) is 20.8 Å². The van der Waals surface area contributed by atoms with E-state index in [0.29, 0.717) is 12.2 Å². The van der Waals surface area contributed by atoms with Gasteiger partial charge in [-0.3, -0.25) is 0 Å². The summed E-state index contributed by atoms with van der Waals surface area (Å²) in [5, 5.41) is 0. The van der Waals surface area contributed by atoms with Crippen molar-refractivity contribution in [3.05, 3.63) is 34.0 Å². The quantitative estimate of drug-likeness (QED) is 0.858. The van der Waals surface area contributed by atoms with E-state index in [9.17, 15) is 4.39 Å². The van der Waals surface area contributed by atoms with E-state index in [1.807, 2.05) is 38.2 Å². The SMILES string of the molecule is Cc1ncsc1CN(C)c1cc(OC(C)C)c(F)cc1N. The number of nitrogens with two attached hydrogens (primary N) is 1. The minimum Gasteiger partial charge on any atom is -0.488 e. The summed E-state index contributed by atoms with van der Waals surface area (Å²) in [5.41, 5.74) is 9.91. The highest BCUT2D eigenvalue weighted by molar-refractivity contribution is 7.09. The lowest BCUT2D eigenvalue weighted by Gasteiger charge is -2.22. The first kappa shape index (κ1) is 15.6. The highest BCUT2D eigenvalue weighted by Crippen LogP contribution is 2.32. The number of nitrogen functional groups attached to an aromatic ring is 1. The number of hydrogen-bond donors (Lipinski definition) is 1. The predicted octanol–water partition coefficient (Wildman–Crippen LogP) is 3.60. The van der Waals surface area contributed by atoms with Gasteiger partial charge in [0.05, 0.1) is 35.2 Å². The van der Waals surface area contributed by atoms with Crippen LogP contribution in [0.1, 0.15) is 24.4 Å². The van der Waals surface area contributed by atoms with E-state index in [1.165, 1.54) is 6.07 Å². The molecule has 0 spiro atoms. The number of hydrogen-bond acceptors (Lipinski definition) is 5. The van der Waals surface area contributed by atoms with Gasteiger partial charge in [-0.15, -0.1) is 11.3 Å². The van der Waals surface area contributed by atoms with E-state index in [-0.39, 0.29) is 11.9 Å². The number of aryl methyl sites for hydroxylation is 1. The molecule has 114 valence electrons. The number of thiazole rings is 1. The van der Waals surface area contributed by atoms with Crippen LogP contribution in [0, 0.1) is 12.7 Å². The summed E-state index contributed by atoms with van der Waals surface area (Å²) < 4.78 is 19.3. The normalized spacial score (nSPS) is 11.0. The van der Waals surface area contributed by atoms with Gasteiger partial charge in [0, 0.05) is 24.1 Å². The average Bonchev–Trinajstić information content (AvgIpc) is 2.78.